The Morgan fingerprint density at radius 3 is 2.58 bits per heavy atom. The number of aliphatic hydroxyl groups excluding tert-OH is 1. The number of aryl methyl sites for hydroxylation is 1. The molecule has 0 aromatic heterocycles. The third-order valence-electron chi connectivity index (χ3n) is 2.85. The third kappa shape index (κ3) is 4.03. The summed E-state index contributed by atoms with van der Waals surface area (Å²) in [5, 5.41) is 22.3. The van der Waals surface area contributed by atoms with Crippen molar-refractivity contribution in [3.8, 4) is 0 Å². The Balaban J connectivity index is 2.92. The first-order chi connectivity index (χ1) is 8.76. The molecule has 1 aromatic rings. The second-order valence-corrected chi connectivity index (χ2v) is 5.07. The van der Waals surface area contributed by atoms with E-state index >= 15 is 0 Å². The number of benzene rings is 1. The lowest BCUT2D eigenvalue weighted by molar-refractivity contribution is -0.384. The molecule has 0 bridgehead atoms. The van der Waals surface area contributed by atoms with Crippen LogP contribution in [0.25, 0.3) is 0 Å². The minimum atomic E-state index is -0.528. The fourth-order valence-corrected chi connectivity index (χ4v) is 1.73. The van der Waals surface area contributed by atoms with E-state index in [1.165, 1.54) is 18.2 Å². The summed E-state index contributed by atoms with van der Waals surface area (Å²) in [4.78, 5) is 22.2. The molecule has 2 N–H and O–H groups in total. The molecule has 0 aliphatic heterocycles. The lowest BCUT2D eigenvalue weighted by atomic mass is 9.99. The van der Waals surface area contributed by atoms with Gasteiger partial charge in [-0.3, -0.25) is 14.9 Å². The Morgan fingerprint density at radius 2 is 2.11 bits per heavy atom. The average molecular weight is 266 g/mol. The van der Waals surface area contributed by atoms with Crippen LogP contribution in [0.4, 0.5) is 5.69 Å². The molecule has 0 fully saturated rings. The summed E-state index contributed by atoms with van der Waals surface area (Å²) in [7, 11) is 0. The van der Waals surface area contributed by atoms with Gasteiger partial charge in [-0.2, -0.15) is 0 Å². The van der Waals surface area contributed by atoms with Gasteiger partial charge in [0.05, 0.1) is 4.92 Å². The number of carbonyl (C=O) groups excluding carboxylic acids is 1. The number of rotatable bonds is 5. The number of carbonyl (C=O) groups is 1. The van der Waals surface area contributed by atoms with Crippen molar-refractivity contribution in [2.45, 2.75) is 32.7 Å². The molecule has 1 amide bonds. The van der Waals surface area contributed by atoms with Crippen LogP contribution in [-0.4, -0.2) is 28.1 Å². The number of nitrogens with one attached hydrogen (secondary N) is 1. The van der Waals surface area contributed by atoms with Crippen LogP contribution in [0.5, 0.6) is 0 Å². The van der Waals surface area contributed by atoms with Gasteiger partial charge in [0.25, 0.3) is 11.6 Å². The minimum absolute atomic E-state index is 0.0213. The van der Waals surface area contributed by atoms with Gasteiger partial charge in [0.2, 0.25) is 0 Å². The van der Waals surface area contributed by atoms with E-state index in [-0.39, 0.29) is 18.2 Å². The second kappa shape index (κ2) is 5.79. The van der Waals surface area contributed by atoms with Crippen LogP contribution >= 0.6 is 0 Å². The van der Waals surface area contributed by atoms with Gasteiger partial charge in [0.15, 0.2) is 0 Å². The number of amides is 1. The minimum Gasteiger partial charge on any atom is -0.396 e. The molecule has 19 heavy (non-hydrogen) atoms. The van der Waals surface area contributed by atoms with Crippen molar-refractivity contribution < 1.29 is 14.8 Å². The molecule has 0 aliphatic rings. The Kier molecular flexibility index (Phi) is 4.61. The largest absolute Gasteiger partial charge is 0.396 e. The quantitative estimate of drug-likeness (QED) is 0.627. The van der Waals surface area contributed by atoms with Crippen molar-refractivity contribution in [3.05, 3.63) is 39.4 Å². The van der Waals surface area contributed by atoms with E-state index in [2.05, 4.69) is 5.32 Å². The first-order valence-corrected chi connectivity index (χ1v) is 5.95. The standard InChI is InChI=1S/C13H18N2O4/c1-9-8-10(15(18)19)4-5-11(9)12(17)14-13(2,3)6-7-16/h4-5,8,16H,6-7H2,1-3H3,(H,14,17). The topological polar surface area (TPSA) is 92.5 Å². The monoisotopic (exact) mass is 266 g/mol. The molecule has 0 heterocycles. The molecule has 0 radical (unpaired) electrons. The molecule has 0 saturated carbocycles. The van der Waals surface area contributed by atoms with Gasteiger partial charge in [-0.15, -0.1) is 0 Å². The van der Waals surface area contributed by atoms with Gasteiger partial charge in [0, 0.05) is 29.8 Å². The lowest BCUT2D eigenvalue weighted by Gasteiger charge is -2.25. The number of non-ortho nitro benzene ring substituents is 1. The number of nitro groups is 1. The highest BCUT2D eigenvalue weighted by Gasteiger charge is 2.22. The van der Waals surface area contributed by atoms with Gasteiger partial charge in [-0.1, -0.05) is 0 Å². The first-order valence-electron chi connectivity index (χ1n) is 5.95. The summed E-state index contributed by atoms with van der Waals surface area (Å²) in [6.07, 6.45) is 0.435. The predicted molar refractivity (Wildman–Crippen MR) is 71.1 cm³/mol. The fraction of sp³-hybridized carbons (Fsp3) is 0.462. The van der Waals surface area contributed by atoms with Gasteiger partial charge < -0.3 is 10.4 Å². The molecule has 0 saturated heterocycles. The zero-order valence-electron chi connectivity index (χ0n) is 11.3. The highest BCUT2D eigenvalue weighted by molar-refractivity contribution is 5.96. The van der Waals surface area contributed by atoms with Crippen LogP contribution < -0.4 is 5.32 Å². The molecule has 0 spiro atoms. The van der Waals surface area contributed by atoms with Crippen LogP contribution in [-0.2, 0) is 0 Å². The molecule has 6 heteroatoms. The Labute approximate surface area is 111 Å². The number of nitro benzene ring substituents is 1. The summed E-state index contributed by atoms with van der Waals surface area (Å²) >= 11 is 0. The van der Waals surface area contributed by atoms with Crippen LogP contribution in [0.3, 0.4) is 0 Å². The van der Waals surface area contributed by atoms with E-state index in [0.29, 0.717) is 17.5 Å². The van der Waals surface area contributed by atoms with E-state index in [9.17, 15) is 14.9 Å². The molecule has 0 atom stereocenters. The molecular weight excluding hydrogens is 248 g/mol. The number of hydrogen-bond donors (Lipinski definition) is 2. The first kappa shape index (κ1) is 15.1. The summed E-state index contributed by atoms with van der Waals surface area (Å²) in [5.41, 5.74) is 0.381. The van der Waals surface area contributed by atoms with Gasteiger partial charge >= 0.3 is 0 Å². The Hall–Kier alpha value is -1.95. The maximum Gasteiger partial charge on any atom is 0.269 e. The van der Waals surface area contributed by atoms with Crippen LogP contribution in [0.2, 0.25) is 0 Å². The smallest absolute Gasteiger partial charge is 0.269 e. The summed E-state index contributed by atoms with van der Waals surface area (Å²) in [6, 6.07) is 4.12. The normalized spacial score (nSPS) is 11.2. The molecule has 6 nitrogen and oxygen atoms in total. The molecule has 0 unspecified atom stereocenters. The van der Waals surface area contributed by atoms with Crippen molar-refractivity contribution in [2.75, 3.05) is 6.61 Å². The third-order valence-corrected chi connectivity index (χ3v) is 2.85. The van der Waals surface area contributed by atoms with E-state index in [0.717, 1.165) is 0 Å². The zero-order valence-corrected chi connectivity index (χ0v) is 11.3. The highest BCUT2D eigenvalue weighted by Crippen LogP contribution is 2.18. The van der Waals surface area contributed by atoms with Crippen molar-refractivity contribution in [2.24, 2.45) is 0 Å². The number of aliphatic hydroxyl groups is 1. The molecule has 104 valence electrons. The summed E-state index contributed by atoms with van der Waals surface area (Å²) < 4.78 is 0. The van der Waals surface area contributed by atoms with E-state index in [4.69, 9.17) is 5.11 Å². The second-order valence-electron chi connectivity index (χ2n) is 5.07. The predicted octanol–water partition coefficient (Wildman–Crippen LogP) is 1.79. The Morgan fingerprint density at radius 1 is 1.47 bits per heavy atom. The van der Waals surface area contributed by atoms with Gasteiger partial charge in [0.1, 0.15) is 0 Å². The maximum absolute atomic E-state index is 12.1. The zero-order chi connectivity index (χ0) is 14.6. The van der Waals surface area contributed by atoms with Crippen molar-refractivity contribution in [3.63, 3.8) is 0 Å². The molecule has 1 aromatic carbocycles. The van der Waals surface area contributed by atoms with Gasteiger partial charge in [-0.05, 0) is 38.8 Å². The van der Waals surface area contributed by atoms with Gasteiger partial charge in [-0.25, -0.2) is 0 Å². The van der Waals surface area contributed by atoms with Crippen LogP contribution in [0.1, 0.15) is 36.2 Å². The SMILES string of the molecule is Cc1cc([N+](=O)[O-])ccc1C(=O)NC(C)(C)CCO. The maximum atomic E-state index is 12.1. The average Bonchev–Trinajstić information content (AvgIpc) is 2.27. The fourth-order valence-electron chi connectivity index (χ4n) is 1.73. The van der Waals surface area contributed by atoms with Crippen molar-refractivity contribution >= 4 is 11.6 Å². The van der Waals surface area contributed by atoms with E-state index in [1.807, 2.05) is 13.8 Å². The highest BCUT2D eigenvalue weighted by atomic mass is 16.6. The lowest BCUT2D eigenvalue weighted by Crippen LogP contribution is -2.44. The van der Waals surface area contributed by atoms with Crippen LogP contribution in [0, 0.1) is 17.0 Å². The van der Waals surface area contributed by atoms with Crippen molar-refractivity contribution in [1.82, 2.24) is 5.32 Å². The van der Waals surface area contributed by atoms with Crippen LogP contribution in [0.15, 0.2) is 18.2 Å². The molecule has 0 aliphatic carbocycles. The van der Waals surface area contributed by atoms with E-state index < -0.39 is 10.5 Å². The summed E-state index contributed by atoms with van der Waals surface area (Å²) in [5.74, 6) is -0.300. The van der Waals surface area contributed by atoms with E-state index in [1.54, 1.807) is 6.92 Å². The number of nitrogens with zero attached hydrogens (tertiary/aromatic N) is 1. The molecule has 1 rings (SSSR count). The summed E-state index contributed by atoms with van der Waals surface area (Å²) in [6.45, 7) is 5.25. The molecular formula is C13H18N2O4. The van der Waals surface area contributed by atoms with Crippen molar-refractivity contribution in [1.29, 1.82) is 0 Å². The number of hydrogen-bond acceptors (Lipinski definition) is 4. The Bertz CT molecular complexity index is 497.